The molecule has 0 radical (unpaired) electrons. The highest BCUT2D eigenvalue weighted by molar-refractivity contribution is 6.69. The first kappa shape index (κ1) is 47.8. The molecule has 48 heavy (non-hydrogen) atoms. The summed E-state index contributed by atoms with van der Waals surface area (Å²) in [5, 5.41) is 0. The molecule has 0 aliphatic rings. The normalized spacial score (nSPS) is 12.0. The van der Waals surface area contributed by atoms with Crippen molar-refractivity contribution in [3.63, 3.8) is 0 Å². The van der Waals surface area contributed by atoms with Crippen molar-refractivity contribution in [1.29, 1.82) is 0 Å². The molecule has 0 aromatic carbocycles. The molecule has 0 spiro atoms. The lowest BCUT2D eigenvalue weighted by molar-refractivity contribution is -0.0254. The van der Waals surface area contributed by atoms with Gasteiger partial charge in [0.05, 0.1) is 119 Å². The third-order valence-corrected chi connectivity index (χ3v) is 8.45. The van der Waals surface area contributed by atoms with E-state index in [-0.39, 0.29) is 0 Å². The van der Waals surface area contributed by atoms with Gasteiger partial charge in [-0.1, -0.05) is 90.4 Å². The highest BCUT2D eigenvalue weighted by Gasteiger charge is 2.13. The Morgan fingerprint density at radius 2 is 0.458 bits per heavy atom. The lowest BCUT2D eigenvalue weighted by Crippen LogP contribution is -2.27. The summed E-state index contributed by atoms with van der Waals surface area (Å²) < 4.78 is 55.5. The summed E-state index contributed by atoms with van der Waals surface area (Å²) in [7, 11) is -1.45. The van der Waals surface area contributed by atoms with Crippen molar-refractivity contribution in [2.24, 2.45) is 0 Å². The highest BCUT2D eigenvalue weighted by atomic mass is 28.4. The molecule has 0 fully saturated rings. The molecule has 0 aromatic rings. The molecular weight excluding hydrogens is 632 g/mol. The average Bonchev–Trinajstić information content (AvgIpc) is 3.06. The third-order valence-electron chi connectivity index (χ3n) is 7.38. The molecule has 0 heterocycles. The molecule has 290 valence electrons. The van der Waals surface area contributed by atoms with Crippen LogP contribution in [-0.4, -0.2) is 134 Å². The molecule has 11 heteroatoms. The third kappa shape index (κ3) is 45.8. The fourth-order valence-electron chi connectivity index (χ4n) is 4.67. The molecule has 0 saturated heterocycles. The van der Waals surface area contributed by atoms with Crippen molar-refractivity contribution < 1.29 is 47.1 Å². The predicted molar refractivity (Wildman–Crippen MR) is 197 cm³/mol. The SMILES string of the molecule is CCCCCCCCCCCCCCCCOCCOCCOCCOCCOCCOCCOCCOCCOCCO[Si](C)(C)C. The molecule has 0 amide bonds. The Hall–Kier alpha value is -0.183. The smallest absolute Gasteiger partial charge is 0.183 e. The van der Waals surface area contributed by atoms with E-state index in [0.717, 1.165) is 13.0 Å². The molecule has 0 bridgehead atoms. The Kier molecular flexibility index (Phi) is 41.1. The minimum absolute atomic E-state index is 0.534. The maximum atomic E-state index is 5.73. The van der Waals surface area contributed by atoms with Gasteiger partial charge in [0.1, 0.15) is 0 Å². The fraction of sp³-hybridized carbons (Fsp3) is 1.00. The van der Waals surface area contributed by atoms with Crippen LogP contribution in [0.3, 0.4) is 0 Å². The van der Waals surface area contributed by atoms with Crippen LogP contribution in [0.5, 0.6) is 0 Å². The summed E-state index contributed by atoms with van der Waals surface area (Å²) in [6, 6.07) is 0. The molecule has 0 unspecified atom stereocenters. The number of hydrogen-bond donors (Lipinski definition) is 0. The molecule has 0 saturated carbocycles. The van der Waals surface area contributed by atoms with E-state index in [4.69, 9.17) is 47.1 Å². The van der Waals surface area contributed by atoms with Gasteiger partial charge in [-0.05, 0) is 26.1 Å². The Bertz CT molecular complexity index is 583. The Morgan fingerprint density at radius 3 is 0.708 bits per heavy atom. The van der Waals surface area contributed by atoms with Crippen LogP contribution in [0.1, 0.15) is 96.8 Å². The summed E-state index contributed by atoms with van der Waals surface area (Å²) in [4.78, 5) is 0. The molecule has 0 aliphatic heterocycles. The lowest BCUT2D eigenvalue weighted by atomic mass is 10.0. The summed E-state index contributed by atoms with van der Waals surface area (Å²) in [6.45, 7) is 19.8. The van der Waals surface area contributed by atoms with E-state index in [2.05, 4.69) is 26.6 Å². The average molecular weight is 711 g/mol. The molecule has 10 nitrogen and oxygen atoms in total. The number of ether oxygens (including phenoxy) is 9. The highest BCUT2D eigenvalue weighted by Crippen LogP contribution is 2.13. The predicted octanol–water partition coefficient (Wildman–Crippen LogP) is 7.47. The molecular formula is C37H78O10Si. The maximum Gasteiger partial charge on any atom is 0.183 e. The van der Waals surface area contributed by atoms with Crippen LogP contribution >= 0.6 is 0 Å². The minimum atomic E-state index is -1.45. The monoisotopic (exact) mass is 711 g/mol. The minimum Gasteiger partial charge on any atom is -0.415 e. The van der Waals surface area contributed by atoms with Gasteiger partial charge < -0.3 is 47.1 Å². The zero-order chi connectivity index (χ0) is 34.9. The Morgan fingerprint density at radius 1 is 0.250 bits per heavy atom. The van der Waals surface area contributed by atoms with Crippen LogP contribution in [0.4, 0.5) is 0 Å². The van der Waals surface area contributed by atoms with Crippen molar-refractivity contribution in [2.45, 2.75) is 116 Å². The topological polar surface area (TPSA) is 92.3 Å². The van der Waals surface area contributed by atoms with E-state index in [9.17, 15) is 0 Å². The van der Waals surface area contributed by atoms with Crippen molar-refractivity contribution in [3.05, 3.63) is 0 Å². The number of rotatable bonds is 43. The summed E-state index contributed by atoms with van der Waals surface area (Å²) in [5.41, 5.74) is 0. The summed E-state index contributed by atoms with van der Waals surface area (Å²) in [6.07, 6.45) is 19.3. The van der Waals surface area contributed by atoms with Crippen LogP contribution in [-0.2, 0) is 47.1 Å². The van der Waals surface area contributed by atoms with Gasteiger partial charge in [0, 0.05) is 6.61 Å². The Balaban J connectivity index is 3.05. The zero-order valence-corrected chi connectivity index (χ0v) is 32.9. The number of unbranched alkanes of at least 4 members (excludes halogenated alkanes) is 13. The largest absolute Gasteiger partial charge is 0.415 e. The van der Waals surface area contributed by atoms with Crippen molar-refractivity contribution in [1.82, 2.24) is 0 Å². The van der Waals surface area contributed by atoms with E-state index in [0.29, 0.717) is 119 Å². The quantitative estimate of drug-likeness (QED) is 0.0469. The Labute approximate surface area is 297 Å². The van der Waals surface area contributed by atoms with E-state index >= 15 is 0 Å². The molecule has 0 N–H and O–H groups in total. The van der Waals surface area contributed by atoms with E-state index in [1.807, 2.05) is 0 Å². The van der Waals surface area contributed by atoms with Crippen LogP contribution in [0.25, 0.3) is 0 Å². The second-order valence-electron chi connectivity index (χ2n) is 13.1. The molecule has 0 aliphatic carbocycles. The second kappa shape index (κ2) is 41.2. The van der Waals surface area contributed by atoms with E-state index < -0.39 is 8.32 Å². The van der Waals surface area contributed by atoms with Gasteiger partial charge in [0.2, 0.25) is 0 Å². The second-order valence-corrected chi connectivity index (χ2v) is 17.6. The van der Waals surface area contributed by atoms with E-state index in [1.165, 1.54) is 83.5 Å². The van der Waals surface area contributed by atoms with Gasteiger partial charge in [0.15, 0.2) is 8.32 Å². The van der Waals surface area contributed by atoms with Crippen molar-refractivity contribution in [2.75, 3.05) is 126 Å². The van der Waals surface area contributed by atoms with Gasteiger partial charge in [-0.15, -0.1) is 0 Å². The van der Waals surface area contributed by atoms with Gasteiger partial charge in [-0.2, -0.15) is 0 Å². The summed E-state index contributed by atoms with van der Waals surface area (Å²) in [5.74, 6) is 0. The van der Waals surface area contributed by atoms with Crippen molar-refractivity contribution in [3.8, 4) is 0 Å². The van der Waals surface area contributed by atoms with Gasteiger partial charge in [-0.25, -0.2) is 0 Å². The van der Waals surface area contributed by atoms with Crippen molar-refractivity contribution >= 4 is 8.32 Å². The molecule has 0 rings (SSSR count). The first-order chi connectivity index (χ1) is 23.6. The van der Waals surface area contributed by atoms with Crippen LogP contribution < -0.4 is 0 Å². The van der Waals surface area contributed by atoms with Gasteiger partial charge in [0.25, 0.3) is 0 Å². The lowest BCUT2D eigenvalue weighted by Gasteiger charge is -2.16. The van der Waals surface area contributed by atoms with Gasteiger partial charge >= 0.3 is 0 Å². The fourth-order valence-corrected chi connectivity index (χ4v) is 5.36. The maximum absolute atomic E-state index is 5.73. The molecule has 0 aromatic heterocycles. The zero-order valence-electron chi connectivity index (χ0n) is 31.9. The standard InChI is InChI=1S/C37H78O10Si/c1-5-6-7-8-9-10-11-12-13-14-15-16-17-18-19-38-20-21-39-22-23-40-24-25-41-26-27-42-28-29-43-30-31-44-32-33-45-34-35-46-36-37-47-48(2,3)4/h5-37H2,1-4H3. The van der Waals surface area contributed by atoms with Crippen LogP contribution in [0.15, 0.2) is 0 Å². The first-order valence-electron chi connectivity index (χ1n) is 19.4. The summed E-state index contributed by atoms with van der Waals surface area (Å²) >= 11 is 0. The first-order valence-corrected chi connectivity index (χ1v) is 22.8. The van der Waals surface area contributed by atoms with E-state index in [1.54, 1.807) is 0 Å². The number of hydrogen-bond acceptors (Lipinski definition) is 10. The van der Waals surface area contributed by atoms with Gasteiger partial charge in [-0.3, -0.25) is 0 Å². The van der Waals surface area contributed by atoms with Crippen LogP contribution in [0.2, 0.25) is 19.6 Å². The molecule has 0 atom stereocenters. The van der Waals surface area contributed by atoms with Crippen LogP contribution in [0, 0.1) is 0 Å².